The molecular formula is C41H48N6O7S. The van der Waals surface area contributed by atoms with E-state index >= 15 is 0 Å². The molecule has 4 bridgehead atoms. The molecule has 3 fully saturated rings. The zero-order chi connectivity index (χ0) is 38.7. The molecule has 0 radical (unpaired) electrons. The van der Waals surface area contributed by atoms with Crippen molar-refractivity contribution in [2.24, 2.45) is 5.92 Å². The highest BCUT2D eigenvalue weighted by molar-refractivity contribution is 7.91. The van der Waals surface area contributed by atoms with Gasteiger partial charge < -0.3 is 25.6 Å². The smallest absolute Gasteiger partial charge is 0.315 e. The number of allylic oxidation sites excluding steroid dienone is 1. The van der Waals surface area contributed by atoms with E-state index in [1.807, 2.05) is 73.7 Å². The molecule has 4 N–H and O–H groups in total. The number of rotatable bonds is 10. The van der Waals surface area contributed by atoms with Gasteiger partial charge in [0.2, 0.25) is 21.8 Å². The fourth-order valence-corrected chi connectivity index (χ4v) is 8.82. The third kappa shape index (κ3) is 8.38. The second kappa shape index (κ2) is 15.9. The predicted octanol–water partition coefficient (Wildman–Crippen LogP) is 4.58. The van der Waals surface area contributed by atoms with Crippen LogP contribution in [0.5, 0.6) is 5.75 Å². The first-order valence-corrected chi connectivity index (χ1v) is 20.7. The summed E-state index contributed by atoms with van der Waals surface area (Å²) in [5.41, 5.74) is 1.71. The van der Waals surface area contributed by atoms with E-state index in [9.17, 15) is 27.6 Å². The number of sulfonamides is 1. The van der Waals surface area contributed by atoms with Crippen molar-refractivity contribution in [3.05, 3.63) is 78.9 Å². The van der Waals surface area contributed by atoms with Crippen LogP contribution < -0.4 is 25.4 Å². The van der Waals surface area contributed by atoms with Crippen LogP contribution in [0, 0.1) is 5.92 Å². The number of unbranched alkanes of at least 4 members (excludes halogenated alkanes) is 1. The van der Waals surface area contributed by atoms with Crippen LogP contribution in [-0.4, -0.2) is 84.1 Å². The molecule has 0 unspecified atom stereocenters. The number of benzene rings is 2. The number of hydrogen-bond acceptors (Lipinski definition) is 8. The summed E-state index contributed by atoms with van der Waals surface area (Å²) in [6.07, 6.45) is 9.28. The van der Waals surface area contributed by atoms with Crippen molar-refractivity contribution in [3.63, 3.8) is 0 Å². The minimum absolute atomic E-state index is 0.0209. The van der Waals surface area contributed by atoms with E-state index in [4.69, 9.17) is 9.72 Å². The number of hydrogen-bond donors (Lipinski definition) is 4. The van der Waals surface area contributed by atoms with Gasteiger partial charge in [-0.05, 0) is 56.2 Å². The van der Waals surface area contributed by atoms with Crippen LogP contribution in [0.1, 0.15) is 70.3 Å². The average molecular weight is 769 g/mol. The van der Waals surface area contributed by atoms with Crippen LogP contribution in [-0.2, 0) is 24.4 Å². The standard InChI is InChI=1S/C41H48N6O7S/c1-3-5-15-33-38(49)47-25-29(22-35(47)37(48)45-41(24-28(41)4-2)39(50)46-55(52,53)30-17-18-30)54-36-23-34(27-13-9-6-10-14-27)43-32-19-16-26(21-31(32)36)12-8-7-11-20-42-40(51)44-33/h4,6,8-10,12-14,16,19,21,23,28-30,33,35H,2-3,5,7,11,15,17-18,20,22,24-25H2,1H3,(H,45,48)(H,46,50)(H2,42,44,51)/b12-8-/t28-,29-,33+,35+,41-/m1/s1. The van der Waals surface area contributed by atoms with Crippen molar-refractivity contribution in [2.45, 2.75) is 93.7 Å². The Labute approximate surface area is 321 Å². The van der Waals surface area contributed by atoms with E-state index in [1.54, 1.807) is 0 Å². The van der Waals surface area contributed by atoms with E-state index in [-0.39, 0.29) is 19.4 Å². The van der Waals surface area contributed by atoms with Gasteiger partial charge in [-0.25, -0.2) is 18.2 Å². The fraction of sp³-hybridized carbons (Fsp3) is 0.439. The van der Waals surface area contributed by atoms with Crippen molar-refractivity contribution < 1.29 is 32.3 Å². The average Bonchev–Trinajstić information content (AvgIpc) is 4.11. The zero-order valence-corrected chi connectivity index (χ0v) is 31.8. The lowest BCUT2D eigenvalue weighted by Gasteiger charge is -2.30. The molecule has 2 aliphatic heterocycles. The first-order valence-electron chi connectivity index (χ1n) is 19.2. The molecule has 1 aromatic heterocycles. The Kier molecular flexibility index (Phi) is 11.0. The lowest BCUT2D eigenvalue weighted by Crippen LogP contribution is -2.58. The molecule has 2 saturated carbocycles. The second-order valence-electron chi connectivity index (χ2n) is 15.0. The molecule has 55 heavy (non-hydrogen) atoms. The minimum atomic E-state index is -3.89. The first-order chi connectivity index (χ1) is 26.5. The van der Waals surface area contributed by atoms with Crippen molar-refractivity contribution in [1.29, 1.82) is 0 Å². The third-order valence-electron chi connectivity index (χ3n) is 10.8. The van der Waals surface area contributed by atoms with Crippen molar-refractivity contribution in [1.82, 2.24) is 30.6 Å². The second-order valence-corrected chi connectivity index (χ2v) is 16.9. The summed E-state index contributed by atoms with van der Waals surface area (Å²) in [6.45, 7) is 6.21. The monoisotopic (exact) mass is 768 g/mol. The van der Waals surface area contributed by atoms with Crippen molar-refractivity contribution in [2.75, 3.05) is 13.1 Å². The van der Waals surface area contributed by atoms with Gasteiger partial charge in [0.1, 0.15) is 29.5 Å². The maximum Gasteiger partial charge on any atom is 0.315 e. The first kappa shape index (κ1) is 38.1. The zero-order valence-electron chi connectivity index (χ0n) is 31.0. The quantitative estimate of drug-likeness (QED) is 0.217. The molecular weight excluding hydrogens is 721 g/mol. The summed E-state index contributed by atoms with van der Waals surface area (Å²) < 4.78 is 34.5. The number of pyridine rings is 1. The Hall–Kier alpha value is -5.24. The van der Waals surface area contributed by atoms with Crippen LogP contribution in [0.15, 0.2) is 73.3 Å². The van der Waals surface area contributed by atoms with E-state index in [2.05, 4.69) is 27.3 Å². The van der Waals surface area contributed by atoms with Gasteiger partial charge in [-0.3, -0.25) is 19.1 Å². The minimum Gasteiger partial charge on any atom is -0.488 e. The molecule has 4 aliphatic rings. The number of nitrogens with zero attached hydrogens (tertiary/aromatic N) is 2. The molecule has 7 rings (SSSR count). The number of fused-ring (bicyclic) bond motifs is 3. The molecule has 1 saturated heterocycles. The normalized spacial score (nSPS) is 26.2. The Morgan fingerprint density at radius 3 is 2.65 bits per heavy atom. The van der Waals surface area contributed by atoms with E-state index in [1.165, 1.54) is 11.0 Å². The summed E-state index contributed by atoms with van der Waals surface area (Å²) in [5, 5.41) is 8.68. The van der Waals surface area contributed by atoms with Crippen molar-refractivity contribution in [3.8, 4) is 17.0 Å². The number of nitrogens with one attached hydrogen (secondary N) is 4. The highest BCUT2D eigenvalue weighted by Crippen LogP contribution is 2.45. The Morgan fingerprint density at radius 2 is 1.93 bits per heavy atom. The number of amides is 5. The number of aromatic nitrogens is 1. The molecule has 290 valence electrons. The van der Waals surface area contributed by atoms with Gasteiger partial charge in [0.25, 0.3) is 5.91 Å². The maximum atomic E-state index is 14.5. The molecule has 13 nitrogen and oxygen atoms in total. The largest absolute Gasteiger partial charge is 0.488 e. The molecule has 3 heterocycles. The molecule has 14 heteroatoms. The van der Waals surface area contributed by atoms with Gasteiger partial charge in [0.05, 0.1) is 23.0 Å². The van der Waals surface area contributed by atoms with Gasteiger partial charge in [-0.2, -0.15) is 0 Å². The van der Waals surface area contributed by atoms with Crippen LogP contribution in [0.3, 0.4) is 0 Å². The molecule has 5 amide bonds. The van der Waals surface area contributed by atoms with Crippen LogP contribution in [0.2, 0.25) is 0 Å². The number of ether oxygens (including phenoxy) is 1. The van der Waals surface area contributed by atoms with Gasteiger partial charge in [-0.15, -0.1) is 6.58 Å². The van der Waals surface area contributed by atoms with Gasteiger partial charge >= 0.3 is 6.03 Å². The number of carbonyl (C=O) groups is 4. The van der Waals surface area contributed by atoms with Crippen LogP contribution in [0.25, 0.3) is 28.2 Å². The van der Waals surface area contributed by atoms with Crippen molar-refractivity contribution >= 4 is 50.8 Å². The lowest BCUT2D eigenvalue weighted by atomic mass is 10.1. The highest BCUT2D eigenvalue weighted by Gasteiger charge is 2.62. The van der Waals surface area contributed by atoms with E-state index < -0.39 is 68.7 Å². The molecule has 2 aromatic carbocycles. The summed E-state index contributed by atoms with van der Waals surface area (Å²) >= 11 is 0. The molecule has 5 atom stereocenters. The highest BCUT2D eigenvalue weighted by atomic mass is 32.2. The van der Waals surface area contributed by atoms with E-state index in [0.717, 1.165) is 29.4 Å². The molecule has 3 aromatic rings. The summed E-state index contributed by atoms with van der Waals surface area (Å²) in [5.74, 6) is -1.86. The summed E-state index contributed by atoms with van der Waals surface area (Å²) in [6, 6.07) is 15.0. The van der Waals surface area contributed by atoms with Crippen LogP contribution >= 0.6 is 0 Å². The summed E-state index contributed by atoms with van der Waals surface area (Å²) in [7, 11) is -3.89. The summed E-state index contributed by atoms with van der Waals surface area (Å²) in [4.78, 5) is 61.9. The van der Waals surface area contributed by atoms with Gasteiger partial charge in [0.15, 0.2) is 0 Å². The predicted molar refractivity (Wildman–Crippen MR) is 209 cm³/mol. The Balaban J connectivity index is 1.25. The Morgan fingerprint density at radius 1 is 1.13 bits per heavy atom. The third-order valence-corrected chi connectivity index (χ3v) is 12.7. The number of carbonyl (C=O) groups excluding carboxylic acids is 4. The van der Waals surface area contributed by atoms with Gasteiger partial charge in [0, 0.05) is 35.9 Å². The lowest BCUT2D eigenvalue weighted by molar-refractivity contribution is -0.141. The maximum absolute atomic E-state index is 14.5. The molecule has 0 spiro atoms. The Bertz CT molecular complexity index is 2120. The SMILES string of the molecule is C=C[C@@H]1C[C@]1(NC(=O)[C@@H]1C[C@@H]2CN1C(=O)[C@H](CCCC)NC(=O)NCCC/C=C\c1ccc3nc(-c4ccccc4)cc(c3c1)O2)C(=O)NS(=O)(=O)C1CC1. The van der Waals surface area contributed by atoms with E-state index in [0.29, 0.717) is 55.6 Å². The van der Waals surface area contributed by atoms with Crippen LogP contribution in [0.4, 0.5) is 4.79 Å². The fourth-order valence-electron chi connectivity index (χ4n) is 7.46. The number of urea groups is 1. The molecule has 2 aliphatic carbocycles. The van der Waals surface area contributed by atoms with Gasteiger partial charge in [-0.1, -0.05) is 74.4 Å². The topological polar surface area (TPSA) is 176 Å².